The second-order valence-corrected chi connectivity index (χ2v) is 3.75. The largest absolute Gasteiger partial charge is 0.496 e. The zero-order valence-corrected chi connectivity index (χ0v) is 9.76. The molecule has 2 nitrogen and oxygen atoms in total. The van der Waals surface area contributed by atoms with Crippen molar-refractivity contribution in [3.63, 3.8) is 0 Å². The summed E-state index contributed by atoms with van der Waals surface area (Å²) in [5, 5.41) is 0. The maximum absolute atomic E-state index is 5.74. The number of hydrogen-bond donors (Lipinski definition) is 1. The van der Waals surface area contributed by atoms with Crippen molar-refractivity contribution in [1.29, 1.82) is 0 Å². The van der Waals surface area contributed by atoms with Crippen LogP contribution in [0.4, 0.5) is 5.69 Å². The Balaban J connectivity index is 2.36. The summed E-state index contributed by atoms with van der Waals surface area (Å²) < 4.78 is 5.40. The molecule has 0 unspecified atom stereocenters. The van der Waals surface area contributed by atoms with Gasteiger partial charge in [-0.2, -0.15) is 0 Å². The van der Waals surface area contributed by atoms with Crippen LogP contribution in [0, 0.1) is 0 Å². The Morgan fingerprint density at radius 3 is 2.47 bits per heavy atom. The van der Waals surface area contributed by atoms with Crippen LogP contribution in [-0.4, -0.2) is 7.11 Å². The number of ether oxygens (including phenoxy) is 1. The summed E-state index contributed by atoms with van der Waals surface area (Å²) in [5.41, 5.74) is 8.58. The number of nitrogen functional groups attached to an aromatic ring is 1. The second kappa shape index (κ2) is 5.21. The van der Waals surface area contributed by atoms with Gasteiger partial charge >= 0.3 is 0 Å². The van der Waals surface area contributed by atoms with Gasteiger partial charge in [-0.05, 0) is 23.8 Å². The Morgan fingerprint density at radius 1 is 1.06 bits per heavy atom. The van der Waals surface area contributed by atoms with Gasteiger partial charge in [-0.15, -0.1) is 0 Å². The standard InChI is InChI=1S/C15H15NO/c1-17-15(13-7-3-2-4-8-13)11-12-6-5-9-14(16)10-12/h2-11H,16H2,1H3. The summed E-state index contributed by atoms with van der Waals surface area (Å²) in [6.07, 6.45) is 1.98. The summed E-state index contributed by atoms with van der Waals surface area (Å²) >= 11 is 0. The summed E-state index contributed by atoms with van der Waals surface area (Å²) in [6.45, 7) is 0. The van der Waals surface area contributed by atoms with E-state index in [1.54, 1.807) is 7.11 Å². The van der Waals surface area contributed by atoms with Gasteiger partial charge in [0, 0.05) is 11.3 Å². The van der Waals surface area contributed by atoms with E-state index < -0.39 is 0 Å². The second-order valence-electron chi connectivity index (χ2n) is 3.75. The van der Waals surface area contributed by atoms with Crippen molar-refractivity contribution in [2.45, 2.75) is 0 Å². The molecule has 0 fully saturated rings. The molecule has 0 aromatic heterocycles. The lowest BCUT2D eigenvalue weighted by Crippen LogP contribution is -1.88. The van der Waals surface area contributed by atoms with E-state index in [9.17, 15) is 0 Å². The predicted octanol–water partition coefficient (Wildman–Crippen LogP) is 3.41. The van der Waals surface area contributed by atoms with Crippen LogP contribution in [0.2, 0.25) is 0 Å². The van der Waals surface area contributed by atoms with E-state index in [0.717, 1.165) is 22.6 Å². The van der Waals surface area contributed by atoms with Crippen molar-refractivity contribution in [1.82, 2.24) is 0 Å². The highest BCUT2D eigenvalue weighted by molar-refractivity contribution is 5.78. The number of rotatable bonds is 3. The molecule has 17 heavy (non-hydrogen) atoms. The molecule has 2 aromatic rings. The van der Waals surface area contributed by atoms with Crippen LogP contribution < -0.4 is 5.73 Å². The van der Waals surface area contributed by atoms with Crippen LogP contribution in [0.1, 0.15) is 11.1 Å². The summed E-state index contributed by atoms with van der Waals surface area (Å²) in [4.78, 5) is 0. The molecule has 0 bridgehead atoms. The molecule has 2 N–H and O–H groups in total. The molecule has 0 aliphatic heterocycles. The fourth-order valence-electron chi connectivity index (χ4n) is 1.66. The summed E-state index contributed by atoms with van der Waals surface area (Å²) in [7, 11) is 1.67. The highest BCUT2D eigenvalue weighted by Gasteiger charge is 2.00. The molecular weight excluding hydrogens is 210 g/mol. The SMILES string of the molecule is COC(=Cc1cccc(N)c1)c1ccccc1. The molecule has 0 saturated carbocycles. The first-order valence-electron chi connectivity index (χ1n) is 5.46. The van der Waals surface area contributed by atoms with E-state index in [-0.39, 0.29) is 0 Å². The highest BCUT2D eigenvalue weighted by Crippen LogP contribution is 2.19. The van der Waals surface area contributed by atoms with Crippen LogP contribution in [0.15, 0.2) is 54.6 Å². The number of benzene rings is 2. The van der Waals surface area contributed by atoms with Gasteiger partial charge in [-0.25, -0.2) is 0 Å². The molecule has 0 aliphatic carbocycles. The first-order valence-corrected chi connectivity index (χ1v) is 5.46. The van der Waals surface area contributed by atoms with Crippen LogP contribution in [-0.2, 0) is 4.74 Å². The van der Waals surface area contributed by atoms with Crippen molar-refractivity contribution >= 4 is 17.5 Å². The van der Waals surface area contributed by atoms with E-state index in [2.05, 4.69) is 0 Å². The van der Waals surface area contributed by atoms with Crippen LogP contribution >= 0.6 is 0 Å². The first-order chi connectivity index (χ1) is 8.29. The van der Waals surface area contributed by atoms with Gasteiger partial charge < -0.3 is 10.5 Å². The molecule has 86 valence electrons. The minimum atomic E-state index is 0.752. The minimum absolute atomic E-state index is 0.752. The minimum Gasteiger partial charge on any atom is -0.496 e. The van der Waals surface area contributed by atoms with Gasteiger partial charge in [0.1, 0.15) is 5.76 Å². The summed E-state index contributed by atoms with van der Waals surface area (Å²) in [5.74, 6) is 0.830. The molecule has 0 heterocycles. The van der Waals surface area contributed by atoms with E-state index >= 15 is 0 Å². The fourth-order valence-corrected chi connectivity index (χ4v) is 1.66. The lowest BCUT2D eigenvalue weighted by molar-refractivity contribution is 0.372. The molecule has 0 aliphatic rings. The van der Waals surface area contributed by atoms with Gasteiger partial charge in [-0.3, -0.25) is 0 Å². The number of anilines is 1. The molecule has 2 aromatic carbocycles. The molecule has 0 radical (unpaired) electrons. The van der Waals surface area contributed by atoms with Crippen molar-refractivity contribution < 1.29 is 4.74 Å². The third-order valence-corrected chi connectivity index (χ3v) is 2.49. The van der Waals surface area contributed by atoms with Gasteiger partial charge in [0.05, 0.1) is 7.11 Å². The van der Waals surface area contributed by atoms with Crippen molar-refractivity contribution in [3.8, 4) is 0 Å². The van der Waals surface area contributed by atoms with E-state index in [0.29, 0.717) is 0 Å². The summed E-state index contributed by atoms with van der Waals surface area (Å²) in [6, 6.07) is 17.7. The van der Waals surface area contributed by atoms with Crippen molar-refractivity contribution in [3.05, 3.63) is 65.7 Å². The Bertz CT molecular complexity index is 517. The van der Waals surface area contributed by atoms with E-state index in [1.807, 2.05) is 60.7 Å². The van der Waals surface area contributed by atoms with Crippen LogP contribution in [0.5, 0.6) is 0 Å². The molecule has 0 amide bonds. The molecule has 0 saturated heterocycles. The smallest absolute Gasteiger partial charge is 0.126 e. The number of hydrogen-bond acceptors (Lipinski definition) is 2. The van der Waals surface area contributed by atoms with E-state index in [1.165, 1.54) is 0 Å². The Morgan fingerprint density at radius 2 is 1.82 bits per heavy atom. The third kappa shape index (κ3) is 2.88. The third-order valence-electron chi connectivity index (χ3n) is 2.49. The van der Waals surface area contributed by atoms with Gasteiger partial charge in [0.25, 0.3) is 0 Å². The molecule has 2 rings (SSSR count). The maximum atomic E-state index is 5.74. The van der Waals surface area contributed by atoms with Gasteiger partial charge in [0.2, 0.25) is 0 Å². The monoisotopic (exact) mass is 225 g/mol. The predicted molar refractivity (Wildman–Crippen MR) is 72.2 cm³/mol. The Hall–Kier alpha value is -2.22. The molecular formula is C15H15NO. The van der Waals surface area contributed by atoms with Gasteiger partial charge in [0.15, 0.2) is 0 Å². The number of nitrogens with two attached hydrogens (primary N) is 1. The number of methoxy groups -OCH3 is 1. The molecule has 0 atom stereocenters. The quantitative estimate of drug-likeness (QED) is 0.493. The molecule has 0 spiro atoms. The lowest BCUT2D eigenvalue weighted by Gasteiger charge is -2.06. The van der Waals surface area contributed by atoms with Crippen LogP contribution in [0.25, 0.3) is 11.8 Å². The zero-order valence-electron chi connectivity index (χ0n) is 9.76. The lowest BCUT2D eigenvalue weighted by atomic mass is 10.1. The Kier molecular flexibility index (Phi) is 3.46. The van der Waals surface area contributed by atoms with Crippen molar-refractivity contribution in [2.24, 2.45) is 0 Å². The van der Waals surface area contributed by atoms with Crippen LogP contribution in [0.3, 0.4) is 0 Å². The van der Waals surface area contributed by atoms with E-state index in [4.69, 9.17) is 10.5 Å². The zero-order chi connectivity index (χ0) is 12.1. The fraction of sp³-hybridized carbons (Fsp3) is 0.0667. The maximum Gasteiger partial charge on any atom is 0.126 e. The average Bonchev–Trinajstić information content (AvgIpc) is 2.37. The first kappa shape index (κ1) is 11.3. The Labute approximate surface area is 101 Å². The van der Waals surface area contributed by atoms with Crippen molar-refractivity contribution in [2.75, 3.05) is 12.8 Å². The average molecular weight is 225 g/mol. The highest BCUT2D eigenvalue weighted by atomic mass is 16.5. The van der Waals surface area contributed by atoms with Gasteiger partial charge in [-0.1, -0.05) is 42.5 Å². The topological polar surface area (TPSA) is 35.2 Å². The normalized spacial score (nSPS) is 11.2. The molecule has 2 heteroatoms.